The lowest BCUT2D eigenvalue weighted by molar-refractivity contribution is -0.131. The summed E-state index contributed by atoms with van der Waals surface area (Å²) in [6.45, 7) is 8.29. The van der Waals surface area contributed by atoms with Crippen LogP contribution >= 0.6 is 0 Å². The van der Waals surface area contributed by atoms with E-state index in [1.165, 1.54) is 6.08 Å². The molecule has 19 heavy (non-hydrogen) atoms. The summed E-state index contributed by atoms with van der Waals surface area (Å²) in [5, 5.41) is 8.91. The van der Waals surface area contributed by atoms with E-state index >= 15 is 0 Å². The van der Waals surface area contributed by atoms with Gasteiger partial charge in [-0.3, -0.25) is 0 Å². The zero-order chi connectivity index (χ0) is 14.6. The van der Waals surface area contributed by atoms with Crippen LogP contribution in [0.4, 0.5) is 0 Å². The molecule has 0 spiro atoms. The number of benzene rings is 1. The monoisotopic (exact) mass is 262 g/mol. The Hall–Kier alpha value is -1.77. The van der Waals surface area contributed by atoms with Crippen molar-refractivity contribution in [3.63, 3.8) is 0 Å². The largest absolute Gasteiger partial charge is 0.496 e. The number of rotatable bonds is 4. The second-order valence-electron chi connectivity index (χ2n) is 5.53. The van der Waals surface area contributed by atoms with Crippen LogP contribution in [-0.2, 0) is 10.2 Å². The lowest BCUT2D eigenvalue weighted by atomic mass is 9.84. The van der Waals surface area contributed by atoms with Gasteiger partial charge < -0.3 is 9.84 Å². The quantitative estimate of drug-likeness (QED) is 0.838. The van der Waals surface area contributed by atoms with Crippen molar-refractivity contribution in [2.24, 2.45) is 0 Å². The fourth-order valence-electron chi connectivity index (χ4n) is 2.03. The molecule has 1 aromatic rings. The van der Waals surface area contributed by atoms with E-state index in [2.05, 4.69) is 20.8 Å². The Balaban J connectivity index is 3.36. The summed E-state index contributed by atoms with van der Waals surface area (Å²) in [6, 6.07) is 5.84. The van der Waals surface area contributed by atoms with Gasteiger partial charge >= 0.3 is 5.97 Å². The summed E-state index contributed by atoms with van der Waals surface area (Å²) in [5.41, 5.74) is 2.79. The van der Waals surface area contributed by atoms with Gasteiger partial charge in [0.15, 0.2) is 0 Å². The zero-order valence-electron chi connectivity index (χ0n) is 12.3. The summed E-state index contributed by atoms with van der Waals surface area (Å²) in [7, 11) is 1.65. The van der Waals surface area contributed by atoms with Crippen molar-refractivity contribution in [3.05, 3.63) is 35.4 Å². The predicted molar refractivity (Wildman–Crippen MR) is 77.6 cm³/mol. The smallest absolute Gasteiger partial charge is 0.328 e. The third-order valence-corrected chi connectivity index (χ3v) is 3.06. The maximum Gasteiger partial charge on any atom is 0.328 e. The van der Waals surface area contributed by atoms with Crippen molar-refractivity contribution in [1.29, 1.82) is 0 Å². The molecule has 3 heteroatoms. The third-order valence-electron chi connectivity index (χ3n) is 3.06. The molecular formula is C16H22O3. The Labute approximate surface area is 114 Å². The zero-order valence-corrected chi connectivity index (χ0v) is 12.3. The van der Waals surface area contributed by atoms with Crippen LogP contribution < -0.4 is 4.74 Å². The van der Waals surface area contributed by atoms with Crippen molar-refractivity contribution in [1.82, 2.24) is 0 Å². The van der Waals surface area contributed by atoms with E-state index in [0.29, 0.717) is 6.42 Å². The van der Waals surface area contributed by atoms with Crippen LogP contribution in [0.2, 0.25) is 0 Å². The Morgan fingerprint density at radius 1 is 1.37 bits per heavy atom. The van der Waals surface area contributed by atoms with E-state index in [1.807, 2.05) is 25.1 Å². The predicted octanol–water partition coefficient (Wildman–Crippen LogP) is 3.87. The second kappa shape index (κ2) is 5.91. The molecule has 1 aromatic carbocycles. The first-order valence-electron chi connectivity index (χ1n) is 6.42. The van der Waals surface area contributed by atoms with E-state index in [-0.39, 0.29) is 5.41 Å². The maximum absolute atomic E-state index is 10.8. The molecule has 0 amide bonds. The summed E-state index contributed by atoms with van der Waals surface area (Å²) in [5.74, 6) is -0.0768. The maximum atomic E-state index is 10.8. The Kier molecular flexibility index (Phi) is 4.76. The van der Waals surface area contributed by atoms with Gasteiger partial charge in [-0.1, -0.05) is 33.8 Å². The standard InChI is InChI=1S/C16H22O3/c1-6-11(10-15(17)18)12-7-8-14(19-5)13(9-12)16(2,3)4/h7-10H,6H2,1-5H3,(H,17,18)/b11-10+. The number of carbonyl (C=O) groups is 1. The first-order chi connectivity index (χ1) is 8.79. The molecule has 0 saturated heterocycles. The first kappa shape index (κ1) is 15.3. The summed E-state index contributed by atoms with van der Waals surface area (Å²) >= 11 is 0. The lowest BCUT2D eigenvalue weighted by Crippen LogP contribution is -2.13. The molecule has 0 atom stereocenters. The second-order valence-corrected chi connectivity index (χ2v) is 5.53. The SMILES string of the molecule is CC/C(=C\C(=O)O)c1ccc(OC)c(C(C)(C)C)c1. The number of aliphatic carboxylic acids is 1. The van der Waals surface area contributed by atoms with Crippen LogP contribution in [0.1, 0.15) is 45.2 Å². The van der Waals surface area contributed by atoms with Crippen molar-refractivity contribution >= 4 is 11.5 Å². The number of hydrogen-bond donors (Lipinski definition) is 1. The molecule has 0 heterocycles. The minimum atomic E-state index is -0.912. The average molecular weight is 262 g/mol. The first-order valence-corrected chi connectivity index (χ1v) is 6.42. The molecule has 3 nitrogen and oxygen atoms in total. The summed E-state index contributed by atoms with van der Waals surface area (Å²) in [6.07, 6.45) is 1.95. The van der Waals surface area contributed by atoms with E-state index in [0.717, 1.165) is 22.4 Å². The van der Waals surface area contributed by atoms with Crippen LogP contribution in [-0.4, -0.2) is 18.2 Å². The van der Waals surface area contributed by atoms with Gasteiger partial charge in [0.25, 0.3) is 0 Å². The Morgan fingerprint density at radius 3 is 2.42 bits per heavy atom. The van der Waals surface area contributed by atoms with Gasteiger partial charge in [-0.05, 0) is 35.1 Å². The van der Waals surface area contributed by atoms with Crippen LogP contribution in [0.5, 0.6) is 5.75 Å². The Morgan fingerprint density at radius 2 is 2.00 bits per heavy atom. The van der Waals surface area contributed by atoms with Crippen LogP contribution in [0.15, 0.2) is 24.3 Å². The molecule has 1 rings (SSSR count). The number of carboxylic acid groups (broad SMARTS) is 1. The highest BCUT2D eigenvalue weighted by atomic mass is 16.5. The van der Waals surface area contributed by atoms with E-state index in [4.69, 9.17) is 9.84 Å². The molecule has 104 valence electrons. The van der Waals surface area contributed by atoms with E-state index < -0.39 is 5.97 Å². The van der Waals surface area contributed by atoms with Gasteiger partial charge in [-0.25, -0.2) is 4.79 Å². The van der Waals surface area contributed by atoms with Gasteiger partial charge in [0, 0.05) is 11.6 Å². The molecule has 0 aliphatic heterocycles. The fourth-order valence-corrected chi connectivity index (χ4v) is 2.03. The Bertz CT molecular complexity index is 493. The van der Waals surface area contributed by atoms with E-state index in [1.54, 1.807) is 7.11 Å². The molecule has 0 aliphatic rings. The number of carboxylic acids is 1. The molecule has 0 aromatic heterocycles. The van der Waals surface area contributed by atoms with Crippen molar-refractivity contribution in [3.8, 4) is 5.75 Å². The molecule has 0 bridgehead atoms. The molecule has 1 N–H and O–H groups in total. The normalized spacial score (nSPS) is 12.4. The number of allylic oxidation sites excluding steroid dienone is 1. The molecule has 0 saturated carbocycles. The average Bonchev–Trinajstić information content (AvgIpc) is 2.34. The molecular weight excluding hydrogens is 240 g/mol. The van der Waals surface area contributed by atoms with Crippen molar-refractivity contribution in [2.75, 3.05) is 7.11 Å². The molecule has 0 unspecified atom stereocenters. The number of hydrogen-bond acceptors (Lipinski definition) is 2. The van der Waals surface area contributed by atoms with Crippen molar-refractivity contribution in [2.45, 2.75) is 39.5 Å². The summed E-state index contributed by atoms with van der Waals surface area (Å²) in [4.78, 5) is 10.8. The van der Waals surface area contributed by atoms with Gasteiger partial charge in [-0.15, -0.1) is 0 Å². The van der Waals surface area contributed by atoms with E-state index in [9.17, 15) is 4.79 Å². The minimum absolute atomic E-state index is 0.0522. The van der Waals surface area contributed by atoms with Crippen molar-refractivity contribution < 1.29 is 14.6 Å². The van der Waals surface area contributed by atoms with Gasteiger partial charge in [0.1, 0.15) is 5.75 Å². The lowest BCUT2D eigenvalue weighted by Gasteiger charge is -2.23. The molecule has 0 fully saturated rings. The number of methoxy groups -OCH3 is 1. The minimum Gasteiger partial charge on any atom is -0.496 e. The molecule has 0 radical (unpaired) electrons. The van der Waals surface area contributed by atoms with Crippen LogP contribution in [0.3, 0.4) is 0 Å². The highest BCUT2D eigenvalue weighted by Crippen LogP contribution is 2.34. The summed E-state index contributed by atoms with van der Waals surface area (Å²) < 4.78 is 5.39. The topological polar surface area (TPSA) is 46.5 Å². The van der Waals surface area contributed by atoms with Gasteiger partial charge in [0.2, 0.25) is 0 Å². The number of ether oxygens (including phenoxy) is 1. The van der Waals surface area contributed by atoms with Gasteiger partial charge in [0.05, 0.1) is 7.11 Å². The van der Waals surface area contributed by atoms with Gasteiger partial charge in [-0.2, -0.15) is 0 Å². The molecule has 0 aliphatic carbocycles. The van der Waals surface area contributed by atoms with Crippen LogP contribution in [0, 0.1) is 0 Å². The third kappa shape index (κ3) is 3.85. The highest BCUT2D eigenvalue weighted by molar-refractivity contribution is 5.90. The highest BCUT2D eigenvalue weighted by Gasteiger charge is 2.19. The van der Waals surface area contributed by atoms with Crippen LogP contribution in [0.25, 0.3) is 5.57 Å². The fraction of sp³-hybridized carbons (Fsp3) is 0.438.